The maximum atomic E-state index is 12.6. The summed E-state index contributed by atoms with van der Waals surface area (Å²) in [6.45, 7) is 5.36. The Hall–Kier alpha value is -2.97. The van der Waals surface area contributed by atoms with E-state index in [1.165, 1.54) is 32.1 Å². The smallest absolute Gasteiger partial charge is 0.251 e. The Morgan fingerprint density at radius 2 is 1.78 bits per heavy atom. The maximum Gasteiger partial charge on any atom is 0.251 e. The van der Waals surface area contributed by atoms with Crippen LogP contribution >= 0.6 is 0 Å². The van der Waals surface area contributed by atoms with Gasteiger partial charge in [-0.2, -0.15) is 0 Å². The minimum absolute atomic E-state index is 0.00131. The molecule has 1 saturated carbocycles. The van der Waals surface area contributed by atoms with Crippen LogP contribution in [0.4, 0.5) is 0 Å². The number of hydrogen-bond acceptors (Lipinski definition) is 5. The summed E-state index contributed by atoms with van der Waals surface area (Å²) in [5, 5.41) is 3.09. The summed E-state index contributed by atoms with van der Waals surface area (Å²) in [6, 6.07) is 8.76. The molecule has 36 heavy (non-hydrogen) atoms. The third-order valence-corrected chi connectivity index (χ3v) is 7.39. The largest absolute Gasteiger partial charge is 0.352 e. The molecule has 1 fully saturated rings. The number of carbonyl (C=O) groups is 1. The summed E-state index contributed by atoms with van der Waals surface area (Å²) >= 11 is 0. The molecule has 0 saturated heterocycles. The van der Waals surface area contributed by atoms with Gasteiger partial charge >= 0.3 is 0 Å². The molecule has 1 aromatic carbocycles. The molecule has 3 aromatic rings. The third kappa shape index (κ3) is 7.51. The van der Waals surface area contributed by atoms with E-state index in [-0.39, 0.29) is 11.9 Å². The van der Waals surface area contributed by atoms with Gasteiger partial charge in [0.25, 0.3) is 5.91 Å². The molecule has 2 aromatic heterocycles. The normalized spacial score (nSPS) is 15.4. The lowest BCUT2D eigenvalue weighted by Crippen LogP contribution is -2.34. The summed E-state index contributed by atoms with van der Waals surface area (Å²) < 4.78 is 0. The summed E-state index contributed by atoms with van der Waals surface area (Å²) in [5.74, 6) is 1.83. The summed E-state index contributed by atoms with van der Waals surface area (Å²) in [5.41, 5.74) is 1.84. The van der Waals surface area contributed by atoms with Gasteiger partial charge in [-0.05, 0) is 63.9 Å². The van der Waals surface area contributed by atoms with E-state index in [4.69, 9.17) is 0 Å². The molecule has 8 nitrogen and oxygen atoms in total. The van der Waals surface area contributed by atoms with Gasteiger partial charge < -0.3 is 20.2 Å². The molecule has 1 unspecified atom stereocenters. The van der Waals surface area contributed by atoms with Gasteiger partial charge in [-0.1, -0.05) is 31.4 Å². The first-order chi connectivity index (χ1) is 17.6. The van der Waals surface area contributed by atoms with E-state index in [2.05, 4.69) is 49.0 Å². The predicted octanol–water partition coefficient (Wildman–Crippen LogP) is 4.67. The Balaban J connectivity index is 1.23. The van der Waals surface area contributed by atoms with Gasteiger partial charge in [-0.25, -0.2) is 9.97 Å². The fourth-order valence-electron chi connectivity index (χ4n) is 5.08. The van der Waals surface area contributed by atoms with Gasteiger partial charge in [-0.3, -0.25) is 9.69 Å². The first-order valence-corrected chi connectivity index (χ1v) is 13.4. The number of carbonyl (C=O) groups excluding carboxylic acids is 1. The standard InChI is InChI=1S/C28H41N7O/c1-22(27-31-17-18-32-27)35(21-26-29-15-16-30-26)20-23-10-12-24(13-11-23)28(36)33-14-6-7-19-34(2)25-8-4-3-5-9-25/h10-13,15-18,22,25H,3-9,14,19-21H2,1-2H3,(H,29,30)(H,31,32)(H,33,36). The number of unbranched alkanes of at least 4 members (excludes halogenated alkanes) is 1. The van der Waals surface area contributed by atoms with Crippen LogP contribution in [0, 0.1) is 0 Å². The zero-order valence-electron chi connectivity index (χ0n) is 21.7. The van der Waals surface area contributed by atoms with Crippen LogP contribution in [0.2, 0.25) is 0 Å². The molecular weight excluding hydrogens is 450 g/mol. The molecule has 0 aliphatic heterocycles. The SMILES string of the molecule is CC(c1ncc[nH]1)N(Cc1ccc(C(=O)NCCCCN(C)C2CCCCC2)cc1)Cc1ncc[nH]1. The molecule has 1 amide bonds. The molecule has 3 N–H and O–H groups in total. The van der Waals surface area contributed by atoms with Crippen LogP contribution in [-0.2, 0) is 13.1 Å². The van der Waals surface area contributed by atoms with E-state index >= 15 is 0 Å². The second kappa shape index (κ2) is 13.4. The van der Waals surface area contributed by atoms with Crippen LogP contribution in [0.25, 0.3) is 0 Å². The lowest BCUT2D eigenvalue weighted by molar-refractivity contribution is 0.0952. The molecule has 1 atom stereocenters. The summed E-state index contributed by atoms with van der Waals surface area (Å²) in [7, 11) is 2.25. The van der Waals surface area contributed by atoms with Crippen molar-refractivity contribution in [2.75, 3.05) is 20.1 Å². The maximum absolute atomic E-state index is 12.6. The van der Waals surface area contributed by atoms with Crippen molar-refractivity contribution in [2.24, 2.45) is 0 Å². The van der Waals surface area contributed by atoms with E-state index in [1.807, 2.05) is 36.7 Å². The Morgan fingerprint density at radius 1 is 1.03 bits per heavy atom. The Bertz CT molecular complexity index is 1010. The molecule has 4 rings (SSSR count). The van der Waals surface area contributed by atoms with Crippen molar-refractivity contribution in [2.45, 2.75) is 77.0 Å². The number of nitrogens with zero attached hydrogens (tertiary/aromatic N) is 4. The minimum Gasteiger partial charge on any atom is -0.352 e. The Kier molecular flexibility index (Phi) is 9.69. The summed E-state index contributed by atoms with van der Waals surface area (Å²) in [6.07, 6.45) is 16.2. The summed E-state index contributed by atoms with van der Waals surface area (Å²) in [4.78, 5) is 32.7. The van der Waals surface area contributed by atoms with Crippen molar-refractivity contribution in [1.82, 2.24) is 35.1 Å². The number of aromatic nitrogens is 4. The molecule has 8 heteroatoms. The fraction of sp³-hybridized carbons (Fsp3) is 0.536. The van der Waals surface area contributed by atoms with Gasteiger partial charge in [0.05, 0.1) is 12.6 Å². The van der Waals surface area contributed by atoms with Gasteiger partial charge in [0.1, 0.15) is 11.6 Å². The van der Waals surface area contributed by atoms with Gasteiger partial charge in [0, 0.05) is 49.5 Å². The van der Waals surface area contributed by atoms with Gasteiger partial charge in [0.15, 0.2) is 0 Å². The Morgan fingerprint density at radius 3 is 2.47 bits per heavy atom. The van der Waals surface area contributed by atoms with E-state index < -0.39 is 0 Å². The lowest BCUT2D eigenvalue weighted by atomic mass is 9.94. The minimum atomic E-state index is -0.00131. The molecule has 0 bridgehead atoms. The molecule has 194 valence electrons. The highest BCUT2D eigenvalue weighted by atomic mass is 16.1. The number of aromatic amines is 2. The average Bonchev–Trinajstić information content (AvgIpc) is 3.63. The highest BCUT2D eigenvalue weighted by molar-refractivity contribution is 5.94. The van der Waals surface area contributed by atoms with Gasteiger partial charge in [0.2, 0.25) is 0 Å². The van der Waals surface area contributed by atoms with Crippen LogP contribution < -0.4 is 5.32 Å². The molecule has 0 spiro atoms. The van der Waals surface area contributed by atoms with Crippen LogP contribution in [0.5, 0.6) is 0 Å². The van der Waals surface area contributed by atoms with Crippen LogP contribution in [0.15, 0.2) is 49.1 Å². The van der Waals surface area contributed by atoms with Crippen LogP contribution in [0.1, 0.15) is 85.5 Å². The molecule has 1 aliphatic rings. The van der Waals surface area contributed by atoms with E-state index in [9.17, 15) is 4.79 Å². The average molecular weight is 492 g/mol. The number of amides is 1. The fourth-order valence-corrected chi connectivity index (χ4v) is 5.08. The first kappa shape index (κ1) is 26.1. The van der Waals surface area contributed by atoms with E-state index in [0.29, 0.717) is 12.1 Å². The molecule has 0 radical (unpaired) electrons. The van der Waals surface area contributed by atoms with E-state index in [1.54, 1.807) is 12.4 Å². The van der Waals surface area contributed by atoms with Crippen molar-refractivity contribution in [3.05, 3.63) is 71.8 Å². The van der Waals surface area contributed by atoms with Crippen molar-refractivity contribution in [3.8, 4) is 0 Å². The molecule has 2 heterocycles. The van der Waals surface area contributed by atoms with Gasteiger partial charge in [-0.15, -0.1) is 0 Å². The van der Waals surface area contributed by atoms with Crippen molar-refractivity contribution in [3.63, 3.8) is 0 Å². The highest BCUT2D eigenvalue weighted by Gasteiger charge is 2.20. The number of hydrogen-bond donors (Lipinski definition) is 3. The van der Waals surface area contributed by atoms with Crippen LogP contribution in [0.3, 0.4) is 0 Å². The monoisotopic (exact) mass is 491 g/mol. The second-order valence-corrected chi connectivity index (χ2v) is 10.0. The van der Waals surface area contributed by atoms with Crippen molar-refractivity contribution in [1.29, 1.82) is 0 Å². The quantitative estimate of drug-likeness (QED) is 0.302. The first-order valence-electron chi connectivity index (χ1n) is 13.4. The highest BCUT2D eigenvalue weighted by Crippen LogP contribution is 2.23. The molecular formula is C28H41N7O. The third-order valence-electron chi connectivity index (χ3n) is 7.39. The number of imidazole rings is 2. The zero-order valence-corrected chi connectivity index (χ0v) is 21.7. The number of rotatable bonds is 13. The van der Waals surface area contributed by atoms with Crippen molar-refractivity contribution < 1.29 is 4.79 Å². The number of H-pyrrole nitrogens is 2. The van der Waals surface area contributed by atoms with Crippen LogP contribution in [-0.4, -0.2) is 61.8 Å². The topological polar surface area (TPSA) is 92.9 Å². The molecule has 1 aliphatic carbocycles. The number of nitrogens with one attached hydrogen (secondary N) is 3. The predicted molar refractivity (Wildman–Crippen MR) is 142 cm³/mol. The number of benzene rings is 1. The van der Waals surface area contributed by atoms with Crippen molar-refractivity contribution >= 4 is 5.91 Å². The second-order valence-electron chi connectivity index (χ2n) is 10.0. The Labute approximate surface area is 214 Å². The zero-order chi connectivity index (χ0) is 25.2. The lowest BCUT2D eigenvalue weighted by Gasteiger charge is -2.31. The van der Waals surface area contributed by atoms with E-state index in [0.717, 1.165) is 55.7 Å².